The zero-order valence-corrected chi connectivity index (χ0v) is 17.3. The van der Waals surface area contributed by atoms with E-state index in [4.69, 9.17) is 4.74 Å². The summed E-state index contributed by atoms with van der Waals surface area (Å²) in [6.07, 6.45) is -4.42. The number of sulfonamides is 1. The van der Waals surface area contributed by atoms with E-state index in [0.29, 0.717) is 10.2 Å². The summed E-state index contributed by atoms with van der Waals surface area (Å²) in [5.41, 5.74) is -0.300. The Morgan fingerprint density at radius 3 is 2.32 bits per heavy atom. The average Bonchev–Trinajstić information content (AvgIpc) is 2.67. The van der Waals surface area contributed by atoms with Crippen molar-refractivity contribution in [2.45, 2.75) is 11.1 Å². The molecule has 1 fully saturated rings. The third-order valence-corrected chi connectivity index (χ3v) is 6.93. The van der Waals surface area contributed by atoms with Crippen LogP contribution in [0.1, 0.15) is 5.56 Å². The van der Waals surface area contributed by atoms with Crippen LogP contribution in [0.3, 0.4) is 0 Å². The number of benzene rings is 2. The predicted molar refractivity (Wildman–Crippen MR) is 103 cm³/mol. The highest BCUT2D eigenvalue weighted by atomic mass is 79.9. The first-order valence-electron chi connectivity index (χ1n) is 8.39. The summed E-state index contributed by atoms with van der Waals surface area (Å²) in [5, 5.41) is 0. The number of methoxy groups -OCH3 is 1. The van der Waals surface area contributed by atoms with Gasteiger partial charge in [-0.05, 0) is 36.4 Å². The molecule has 2 aromatic rings. The number of hydrogen-bond acceptors (Lipinski definition) is 4. The molecule has 1 aliphatic rings. The number of halogens is 4. The second-order valence-electron chi connectivity index (χ2n) is 6.23. The molecule has 1 heterocycles. The van der Waals surface area contributed by atoms with Crippen molar-refractivity contribution < 1.29 is 26.3 Å². The molecule has 5 nitrogen and oxygen atoms in total. The minimum Gasteiger partial charge on any atom is -0.495 e. The molecular weight excluding hydrogens is 461 g/mol. The summed E-state index contributed by atoms with van der Waals surface area (Å²) < 4.78 is 71.9. The lowest BCUT2D eigenvalue weighted by Gasteiger charge is -2.35. The Kier molecular flexibility index (Phi) is 5.92. The number of rotatable bonds is 4. The summed E-state index contributed by atoms with van der Waals surface area (Å²) in [6.45, 7) is 0.899. The molecule has 0 amide bonds. The molecule has 10 heteroatoms. The van der Waals surface area contributed by atoms with Crippen LogP contribution in [0.4, 0.5) is 18.9 Å². The van der Waals surface area contributed by atoms with Crippen molar-refractivity contribution in [2.75, 3.05) is 38.2 Å². The molecule has 28 heavy (non-hydrogen) atoms. The maximum Gasteiger partial charge on any atom is 0.416 e. The third kappa shape index (κ3) is 4.28. The Labute approximate surface area is 169 Å². The van der Waals surface area contributed by atoms with Crippen LogP contribution in [0, 0.1) is 0 Å². The second-order valence-corrected chi connectivity index (χ2v) is 9.06. The molecule has 2 aromatic carbocycles. The van der Waals surface area contributed by atoms with Crippen LogP contribution in [0.25, 0.3) is 0 Å². The number of hydrogen-bond donors (Lipinski definition) is 0. The summed E-state index contributed by atoms with van der Waals surface area (Å²) in [4.78, 5) is 1.80. The normalized spacial score (nSPS) is 16.2. The fraction of sp³-hybridized carbons (Fsp3) is 0.333. The molecular formula is C18H18BrF3N2O3S. The van der Waals surface area contributed by atoms with Gasteiger partial charge in [0.1, 0.15) is 10.6 Å². The van der Waals surface area contributed by atoms with Crippen molar-refractivity contribution in [3.05, 3.63) is 52.5 Å². The first-order chi connectivity index (χ1) is 13.1. The summed E-state index contributed by atoms with van der Waals surface area (Å²) >= 11 is 3.27. The van der Waals surface area contributed by atoms with E-state index in [0.717, 1.165) is 12.1 Å². The molecule has 0 N–H and O–H groups in total. The molecule has 0 radical (unpaired) electrons. The lowest BCUT2D eigenvalue weighted by Crippen LogP contribution is -2.48. The van der Waals surface area contributed by atoms with E-state index in [9.17, 15) is 21.6 Å². The summed E-state index contributed by atoms with van der Waals surface area (Å²) in [6, 6.07) is 9.78. The minimum absolute atomic E-state index is 0.0527. The Bertz CT molecular complexity index is 959. The van der Waals surface area contributed by atoms with Gasteiger partial charge in [0, 0.05) is 36.3 Å². The number of anilines is 1. The van der Waals surface area contributed by atoms with Crippen LogP contribution >= 0.6 is 15.9 Å². The van der Waals surface area contributed by atoms with Crippen molar-refractivity contribution >= 4 is 31.6 Å². The van der Waals surface area contributed by atoms with Crippen LogP contribution in [0.2, 0.25) is 0 Å². The van der Waals surface area contributed by atoms with E-state index in [-0.39, 0.29) is 36.8 Å². The van der Waals surface area contributed by atoms with Gasteiger partial charge in [-0.15, -0.1) is 0 Å². The molecule has 1 aliphatic heterocycles. The number of ether oxygens (including phenoxy) is 1. The molecule has 1 saturated heterocycles. The molecule has 0 unspecified atom stereocenters. The van der Waals surface area contributed by atoms with Crippen molar-refractivity contribution in [1.82, 2.24) is 4.31 Å². The van der Waals surface area contributed by atoms with Crippen molar-refractivity contribution in [1.29, 1.82) is 0 Å². The highest BCUT2D eigenvalue weighted by Gasteiger charge is 2.33. The monoisotopic (exact) mass is 478 g/mol. The van der Waals surface area contributed by atoms with Gasteiger partial charge >= 0.3 is 6.18 Å². The zero-order valence-electron chi connectivity index (χ0n) is 14.9. The van der Waals surface area contributed by atoms with Gasteiger partial charge in [-0.2, -0.15) is 17.5 Å². The minimum atomic E-state index is -4.42. The molecule has 0 spiro atoms. The van der Waals surface area contributed by atoms with Crippen LogP contribution in [-0.2, 0) is 16.2 Å². The van der Waals surface area contributed by atoms with E-state index in [1.165, 1.54) is 23.5 Å². The maximum atomic E-state index is 13.0. The van der Waals surface area contributed by atoms with Gasteiger partial charge in [0.25, 0.3) is 0 Å². The van der Waals surface area contributed by atoms with Gasteiger partial charge in [-0.1, -0.05) is 22.0 Å². The molecule has 152 valence electrons. The first kappa shape index (κ1) is 20.9. The fourth-order valence-corrected chi connectivity index (χ4v) is 5.17. The Balaban J connectivity index is 1.78. The van der Waals surface area contributed by atoms with Gasteiger partial charge in [0.05, 0.1) is 12.7 Å². The van der Waals surface area contributed by atoms with Crippen LogP contribution in [-0.4, -0.2) is 46.0 Å². The molecule has 0 aromatic heterocycles. The van der Waals surface area contributed by atoms with E-state index in [2.05, 4.69) is 15.9 Å². The SMILES string of the molecule is COc1ccc(Br)cc1S(=O)(=O)N1CCN(c2cccc(C(F)(F)F)c2)CC1. The van der Waals surface area contributed by atoms with Gasteiger partial charge in [-0.25, -0.2) is 8.42 Å². The highest BCUT2D eigenvalue weighted by molar-refractivity contribution is 9.10. The van der Waals surface area contributed by atoms with Crippen molar-refractivity contribution in [3.8, 4) is 5.75 Å². The van der Waals surface area contributed by atoms with Gasteiger partial charge < -0.3 is 9.64 Å². The summed E-state index contributed by atoms with van der Waals surface area (Å²) in [7, 11) is -2.40. The lowest BCUT2D eigenvalue weighted by molar-refractivity contribution is -0.137. The smallest absolute Gasteiger partial charge is 0.416 e. The Morgan fingerprint density at radius 1 is 1.04 bits per heavy atom. The van der Waals surface area contributed by atoms with E-state index in [1.54, 1.807) is 23.1 Å². The number of nitrogens with zero attached hydrogens (tertiary/aromatic N) is 2. The number of alkyl halides is 3. The molecule has 0 saturated carbocycles. The molecule has 0 atom stereocenters. The fourth-order valence-electron chi connectivity index (χ4n) is 3.06. The van der Waals surface area contributed by atoms with E-state index in [1.807, 2.05) is 0 Å². The van der Waals surface area contributed by atoms with Crippen LogP contribution < -0.4 is 9.64 Å². The maximum absolute atomic E-state index is 13.0. The Morgan fingerprint density at radius 2 is 1.71 bits per heavy atom. The largest absolute Gasteiger partial charge is 0.495 e. The second kappa shape index (κ2) is 7.92. The number of piperazine rings is 1. The van der Waals surface area contributed by atoms with Crippen molar-refractivity contribution in [2.24, 2.45) is 0 Å². The first-order valence-corrected chi connectivity index (χ1v) is 10.6. The zero-order chi connectivity index (χ0) is 20.5. The highest BCUT2D eigenvalue weighted by Crippen LogP contribution is 2.33. The topological polar surface area (TPSA) is 49.9 Å². The Hall–Kier alpha value is -1.78. The molecule has 0 aliphatic carbocycles. The molecule has 0 bridgehead atoms. The summed E-state index contributed by atoms with van der Waals surface area (Å²) in [5.74, 6) is 0.239. The van der Waals surface area contributed by atoms with E-state index >= 15 is 0 Å². The van der Waals surface area contributed by atoms with Gasteiger partial charge in [-0.3, -0.25) is 0 Å². The molecule has 3 rings (SSSR count). The predicted octanol–water partition coefficient (Wildman–Crippen LogP) is 3.99. The van der Waals surface area contributed by atoms with Crippen molar-refractivity contribution in [3.63, 3.8) is 0 Å². The quantitative estimate of drug-likeness (QED) is 0.666. The lowest BCUT2D eigenvalue weighted by atomic mass is 10.1. The van der Waals surface area contributed by atoms with Crippen LogP contribution in [0.5, 0.6) is 5.75 Å². The van der Waals surface area contributed by atoms with Gasteiger partial charge in [0.2, 0.25) is 10.0 Å². The standard InChI is InChI=1S/C18H18BrF3N2O3S/c1-27-16-6-5-14(19)12-17(16)28(25,26)24-9-7-23(8-10-24)15-4-2-3-13(11-15)18(20,21)22/h2-6,11-12H,7-10H2,1H3. The third-order valence-electron chi connectivity index (χ3n) is 4.52. The van der Waals surface area contributed by atoms with Gasteiger partial charge in [0.15, 0.2) is 0 Å². The van der Waals surface area contributed by atoms with E-state index < -0.39 is 21.8 Å². The van der Waals surface area contributed by atoms with Crippen LogP contribution in [0.15, 0.2) is 51.8 Å². The average molecular weight is 479 g/mol.